The molecule has 1 aliphatic heterocycles. The molecule has 5 heteroatoms. The molecule has 3 nitrogen and oxygen atoms in total. The van der Waals surface area contributed by atoms with E-state index in [-0.39, 0.29) is 6.10 Å². The van der Waals surface area contributed by atoms with E-state index in [0.717, 1.165) is 43.2 Å². The first kappa shape index (κ1) is 12.3. The van der Waals surface area contributed by atoms with Crippen LogP contribution in [0.5, 0.6) is 0 Å². The first-order chi connectivity index (χ1) is 8.81. The molecule has 1 unspecified atom stereocenters. The van der Waals surface area contributed by atoms with Crippen LogP contribution in [-0.2, 0) is 6.54 Å². The average Bonchev–Trinajstić information content (AvgIpc) is 2.98. The Kier molecular flexibility index (Phi) is 3.75. The molecule has 0 saturated carbocycles. The number of thiazole rings is 1. The topological polar surface area (TPSA) is 36.4 Å². The summed E-state index contributed by atoms with van der Waals surface area (Å²) in [7, 11) is 0. The van der Waals surface area contributed by atoms with Crippen LogP contribution in [-0.4, -0.2) is 34.2 Å². The number of rotatable bonds is 3. The molecule has 3 rings (SSSR count). The van der Waals surface area contributed by atoms with Gasteiger partial charge in [-0.05, 0) is 30.8 Å². The van der Waals surface area contributed by atoms with Crippen LogP contribution in [0.3, 0.4) is 0 Å². The zero-order valence-corrected chi connectivity index (χ0v) is 11.7. The number of piperidine rings is 1. The molecule has 96 valence electrons. The highest BCUT2D eigenvalue weighted by Gasteiger charge is 2.18. The Bertz CT molecular complexity index is 495. The summed E-state index contributed by atoms with van der Waals surface area (Å²) in [6, 6.07) is 4.17. The second-order valence-electron chi connectivity index (χ2n) is 4.65. The van der Waals surface area contributed by atoms with Crippen LogP contribution >= 0.6 is 22.7 Å². The fourth-order valence-corrected chi connectivity index (χ4v) is 3.92. The zero-order chi connectivity index (χ0) is 12.4. The van der Waals surface area contributed by atoms with Crippen molar-refractivity contribution < 1.29 is 5.11 Å². The average molecular weight is 280 g/mol. The fraction of sp³-hybridized carbons (Fsp3) is 0.462. The highest BCUT2D eigenvalue weighted by Crippen LogP contribution is 2.28. The van der Waals surface area contributed by atoms with Gasteiger partial charge in [-0.1, -0.05) is 6.07 Å². The second-order valence-corrected chi connectivity index (χ2v) is 6.46. The van der Waals surface area contributed by atoms with Crippen molar-refractivity contribution in [3.63, 3.8) is 0 Å². The lowest BCUT2D eigenvalue weighted by Crippen LogP contribution is -2.37. The molecule has 0 spiro atoms. The number of aliphatic hydroxyl groups excluding tert-OH is 1. The number of likely N-dealkylation sites (tertiary alicyclic amines) is 1. The second kappa shape index (κ2) is 5.48. The number of hydrogen-bond acceptors (Lipinski definition) is 5. The van der Waals surface area contributed by atoms with Gasteiger partial charge < -0.3 is 5.11 Å². The maximum Gasteiger partial charge on any atom is 0.133 e. The van der Waals surface area contributed by atoms with E-state index in [0.29, 0.717) is 0 Å². The molecule has 1 aliphatic rings. The van der Waals surface area contributed by atoms with Crippen LogP contribution in [0.4, 0.5) is 0 Å². The maximum absolute atomic E-state index is 9.66. The minimum atomic E-state index is -0.158. The Morgan fingerprint density at radius 2 is 2.39 bits per heavy atom. The van der Waals surface area contributed by atoms with Crippen molar-refractivity contribution in [2.24, 2.45) is 0 Å². The lowest BCUT2D eigenvalue weighted by Gasteiger charge is -2.29. The highest BCUT2D eigenvalue weighted by atomic mass is 32.1. The quantitative estimate of drug-likeness (QED) is 0.939. The van der Waals surface area contributed by atoms with Gasteiger partial charge in [0.05, 0.1) is 16.7 Å². The Morgan fingerprint density at radius 3 is 3.17 bits per heavy atom. The third-order valence-corrected chi connectivity index (χ3v) is 5.08. The summed E-state index contributed by atoms with van der Waals surface area (Å²) in [5.74, 6) is 0. The largest absolute Gasteiger partial charge is 0.392 e. The minimum Gasteiger partial charge on any atom is -0.392 e. The lowest BCUT2D eigenvalue weighted by atomic mass is 10.1. The Labute approximate surface area is 115 Å². The van der Waals surface area contributed by atoms with Crippen molar-refractivity contribution in [3.8, 4) is 9.88 Å². The molecular formula is C13H16N2OS2. The molecule has 0 aromatic carbocycles. The zero-order valence-electron chi connectivity index (χ0n) is 10.1. The molecule has 18 heavy (non-hydrogen) atoms. The van der Waals surface area contributed by atoms with Crippen molar-refractivity contribution >= 4 is 22.7 Å². The summed E-state index contributed by atoms with van der Waals surface area (Å²) >= 11 is 3.44. The molecule has 2 aromatic rings. The van der Waals surface area contributed by atoms with Gasteiger partial charge in [0.25, 0.3) is 0 Å². The van der Waals surface area contributed by atoms with E-state index in [9.17, 15) is 5.11 Å². The van der Waals surface area contributed by atoms with Crippen molar-refractivity contribution in [1.29, 1.82) is 0 Å². The standard InChI is InChI=1S/C13H16N2OS2/c16-11-3-1-5-15(8-11)7-10-9-18-13(14-10)12-4-2-6-17-12/h2,4,6,9,11,16H,1,3,5,7-8H2. The number of thiophene rings is 1. The maximum atomic E-state index is 9.66. The van der Waals surface area contributed by atoms with Crippen LogP contribution in [0.15, 0.2) is 22.9 Å². The van der Waals surface area contributed by atoms with Crippen LogP contribution in [0.1, 0.15) is 18.5 Å². The Hall–Kier alpha value is -0.750. The Morgan fingerprint density at radius 1 is 1.44 bits per heavy atom. The molecule has 0 bridgehead atoms. The molecule has 0 amide bonds. The summed E-state index contributed by atoms with van der Waals surface area (Å²) in [6.45, 7) is 2.72. The molecule has 1 saturated heterocycles. The molecule has 1 atom stereocenters. The van der Waals surface area contributed by atoms with Gasteiger partial charge in [0.1, 0.15) is 5.01 Å². The van der Waals surface area contributed by atoms with Gasteiger partial charge in [-0.3, -0.25) is 4.90 Å². The molecule has 3 heterocycles. The number of aliphatic hydroxyl groups is 1. The number of aromatic nitrogens is 1. The summed E-state index contributed by atoms with van der Waals surface area (Å²) in [4.78, 5) is 8.21. The fourth-order valence-electron chi connectivity index (χ4n) is 2.30. The van der Waals surface area contributed by atoms with Crippen LogP contribution < -0.4 is 0 Å². The van der Waals surface area contributed by atoms with Gasteiger partial charge >= 0.3 is 0 Å². The van der Waals surface area contributed by atoms with Crippen molar-refractivity contribution in [2.75, 3.05) is 13.1 Å². The van der Waals surface area contributed by atoms with Crippen molar-refractivity contribution in [2.45, 2.75) is 25.5 Å². The van der Waals surface area contributed by atoms with Gasteiger partial charge in [-0.25, -0.2) is 4.98 Å². The Balaban J connectivity index is 1.66. The lowest BCUT2D eigenvalue weighted by molar-refractivity contribution is 0.0663. The summed E-state index contributed by atoms with van der Waals surface area (Å²) in [6.07, 6.45) is 1.87. The van der Waals surface area contributed by atoms with Crippen LogP contribution in [0.25, 0.3) is 9.88 Å². The van der Waals surface area contributed by atoms with E-state index < -0.39 is 0 Å². The smallest absolute Gasteiger partial charge is 0.133 e. The SMILES string of the molecule is OC1CCCN(Cc2csc(-c3cccs3)n2)C1. The third-order valence-electron chi connectivity index (χ3n) is 3.15. The van der Waals surface area contributed by atoms with Gasteiger partial charge in [-0.2, -0.15) is 0 Å². The molecule has 1 N–H and O–H groups in total. The van der Waals surface area contributed by atoms with E-state index >= 15 is 0 Å². The van der Waals surface area contributed by atoms with Gasteiger partial charge in [-0.15, -0.1) is 22.7 Å². The van der Waals surface area contributed by atoms with E-state index in [1.165, 1.54) is 4.88 Å². The first-order valence-electron chi connectivity index (χ1n) is 6.20. The molecular weight excluding hydrogens is 264 g/mol. The normalized spacial score (nSPS) is 21.3. The monoisotopic (exact) mass is 280 g/mol. The number of β-amino-alcohol motifs (C(OH)–C–C–N with tert-alkyl or cyclic N) is 1. The number of nitrogens with zero attached hydrogens (tertiary/aromatic N) is 2. The molecule has 0 radical (unpaired) electrons. The summed E-state index contributed by atoms with van der Waals surface area (Å²) in [5, 5.41) is 15.0. The van der Waals surface area contributed by atoms with Crippen LogP contribution in [0.2, 0.25) is 0 Å². The predicted molar refractivity (Wildman–Crippen MR) is 75.9 cm³/mol. The first-order valence-corrected chi connectivity index (χ1v) is 7.96. The highest BCUT2D eigenvalue weighted by molar-refractivity contribution is 7.20. The van der Waals surface area contributed by atoms with Gasteiger partial charge in [0.15, 0.2) is 0 Å². The third kappa shape index (κ3) is 2.80. The number of hydrogen-bond donors (Lipinski definition) is 1. The van der Waals surface area contributed by atoms with E-state index in [1.807, 2.05) is 0 Å². The molecule has 1 fully saturated rings. The van der Waals surface area contributed by atoms with Crippen molar-refractivity contribution in [1.82, 2.24) is 9.88 Å². The van der Waals surface area contributed by atoms with Crippen molar-refractivity contribution in [3.05, 3.63) is 28.6 Å². The predicted octanol–water partition coefficient (Wildman–Crippen LogP) is 2.83. The summed E-state index contributed by atoms with van der Waals surface area (Å²) < 4.78 is 0. The van der Waals surface area contributed by atoms with E-state index in [1.54, 1.807) is 22.7 Å². The van der Waals surface area contributed by atoms with Crippen LogP contribution in [0, 0.1) is 0 Å². The van der Waals surface area contributed by atoms with Gasteiger partial charge in [0.2, 0.25) is 0 Å². The molecule has 2 aromatic heterocycles. The van der Waals surface area contributed by atoms with E-state index in [4.69, 9.17) is 0 Å². The summed E-state index contributed by atoms with van der Waals surface area (Å²) in [5.41, 5.74) is 1.12. The van der Waals surface area contributed by atoms with Gasteiger partial charge in [0, 0.05) is 18.5 Å². The van der Waals surface area contributed by atoms with E-state index in [2.05, 4.69) is 32.8 Å². The minimum absolute atomic E-state index is 0.158. The molecule has 0 aliphatic carbocycles.